The van der Waals surface area contributed by atoms with E-state index in [2.05, 4.69) is 193 Å². The van der Waals surface area contributed by atoms with E-state index in [1.54, 1.807) is 0 Å². The Bertz CT molecular complexity index is 2870. The SMILES string of the molecule is c1ccc(-c2ccc(-c3c(N(c4ccc(-c5ccccc5)cc4)c4ccc5c(c4)oc4ccccc45)c4ccccc4c4ccccc34)cc2)cc1. The summed E-state index contributed by atoms with van der Waals surface area (Å²) >= 11 is 0. The van der Waals surface area contributed by atoms with Crippen LogP contribution in [0.5, 0.6) is 0 Å². The fourth-order valence-electron chi connectivity index (χ4n) is 7.80. The van der Waals surface area contributed by atoms with Gasteiger partial charge in [-0.25, -0.2) is 0 Å². The van der Waals surface area contributed by atoms with E-state index in [9.17, 15) is 0 Å². The number of hydrogen-bond acceptors (Lipinski definition) is 2. The third-order valence-corrected chi connectivity index (χ3v) is 10.3. The third-order valence-electron chi connectivity index (χ3n) is 10.3. The van der Waals surface area contributed by atoms with E-state index in [0.717, 1.165) is 44.6 Å². The molecule has 0 bridgehead atoms. The van der Waals surface area contributed by atoms with Crippen LogP contribution in [0.1, 0.15) is 0 Å². The summed E-state index contributed by atoms with van der Waals surface area (Å²) in [5.41, 5.74) is 12.1. The average molecular weight is 664 g/mol. The molecule has 0 saturated carbocycles. The molecule has 244 valence electrons. The molecule has 10 rings (SSSR count). The number of rotatable bonds is 6. The summed E-state index contributed by atoms with van der Waals surface area (Å²) in [4.78, 5) is 2.43. The summed E-state index contributed by atoms with van der Waals surface area (Å²) in [6.45, 7) is 0. The molecule has 0 unspecified atom stereocenters. The molecule has 1 heterocycles. The highest BCUT2D eigenvalue weighted by atomic mass is 16.3. The van der Waals surface area contributed by atoms with Gasteiger partial charge in [0.1, 0.15) is 11.2 Å². The van der Waals surface area contributed by atoms with Crippen molar-refractivity contribution in [1.82, 2.24) is 0 Å². The predicted octanol–water partition coefficient (Wildman–Crippen LogP) is 14.4. The molecule has 0 radical (unpaired) electrons. The van der Waals surface area contributed by atoms with Gasteiger partial charge < -0.3 is 9.32 Å². The molecule has 2 heteroatoms. The van der Waals surface area contributed by atoms with Crippen molar-refractivity contribution in [3.05, 3.63) is 200 Å². The van der Waals surface area contributed by atoms with Crippen LogP contribution in [0.15, 0.2) is 205 Å². The minimum Gasteiger partial charge on any atom is -0.456 e. The van der Waals surface area contributed by atoms with Crippen LogP contribution in [0.2, 0.25) is 0 Å². The number of anilines is 3. The topological polar surface area (TPSA) is 16.4 Å². The van der Waals surface area contributed by atoms with Gasteiger partial charge in [0, 0.05) is 39.2 Å². The van der Waals surface area contributed by atoms with Gasteiger partial charge in [-0.05, 0) is 74.3 Å². The molecule has 0 N–H and O–H groups in total. The van der Waals surface area contributed by atoms with Gasteiger partial charge in [0.25, 0.3) is 0 Å². The van der Waals surface area contributed by atoms with Crippen molar-refractivity contribution in [1.29, 1.82) is 0 Å². The van der Waals surface area contributed by atoms with Crippen LogP contribution in [-0.2, 0) is 0 Å². The number of benzene rings is 9. The maximum absolute atomic E-state index is 6.49. The van der Waals surface area contributed by atoms with Gasteiger partial charge in [-0.3, -0.25) is 0 Å². The van der Waals surface area contributed by atoms with Gasteiger partial charge in [-0.15, -0.1) is 0 Å². The van der Waals surface area contributed by atoms with Gasteiger partial charge >= 0.3 is 0 Å². The van der Waals surface area contributed by atoms with Crippen LogP contribution < -0.4 is 4.90 Å². The molecule has 0 atom stereocenters. The van der Waals surface area contributed by atoms with E-state index < -0.39 is 0 Å². The number of furan rings is 1. The highest BCUT2D eigenvalue weighted by molar-refractivity contribution is 6.22. The first-order chi connectivity index (χ1) is 25.8. The zero-order chi connectivity index (χ0) is 34.4. The maximum Gasteiger partial charge on any atom is 0.137 e. The normalized spacial score (nSPS) is 11.5. The minimum absolute atomic E-state index is 0.864. The molecular weight excluding hydrogens is 631 g/mol. The van der Waals surface area contributed by atoms with Gasteiger partial charge in [-0.1, -0.05) is 164 Å². The summed E-state index contributed by atoms with van der Waals surface area (Å²) in [6, 6.07) is 71.7. The maximum atomic E-state index is 6.49. The van der Waals surface area contributed by atoms with E-state index in [1.165, 1.54) is 49.4 Å². The molecule has 0 saturated heterocycles. The van der Waals surface area contributed by atoms with Gasteiger partial charge in [0.2, 0.25) is 0 Å². The number of fused-ring (bicyclic) bond motifs is 6. The first-order valence-electron chi connectivity index (χ1n) is 17.8. The molecule has 1 aromatic heterocycles. The second-order valence-electron chi connectivity index (χ2n) is 13.3. The second kappa shape index (κ2) is 12.5. The van der Waals surface area contributed by atoms with E-state index in [0.29, 0.717) is 0 Å². The Morgan fingerprint density at radius 3 is 1.38 bits per heavy atom. The van der Waals surface area contributed by atoms with Gasteiger partial charge in [0.05, 0.1) is 5.69 Å². The lowest BCUT2D eigenvalue weighted by Crippen LogP contribution is -2.12. The van der Waals surface area contributed by atoms with Crippen molar-refractivity contribution in [2.75, 3.05) is 4.90 Å². The van der Waals surface area contributed by atoms with Crippen molar-refractivity contribution >= 4 is 60.5 Å². The third kappa shape index (κ3) is 5.04. The van der Waals surface area contributed by atoms with Crippen molar-refractivity contribution in [2.45, 2.75) is 0 Å². The van der Waals surface area contributed by atoms with Crippen LogP contribution in [0.3, 0.4) is 0 Å². The van der Waals surface area contributed by atoms with Crippen LogP contribution in [0.25, 0.3) is 76.9 Å². The number of para-hydroxylation sites is 1. The lowest BCUT2D eigenvalue weighted by atomic mass is 9.89. The fourth-order valence-corrected chi connectivity index (χ4v) is 7.80. The molecule has 0 aliphatic heterocycles. The highest BCUT2D eigenvalue weighted by Gasteiger charge is 2.24. The fraction of sp³-hybridized carbons (Fsp3) is 0. The summed E-state index contributed by atoms with van der Waals surface area (Å²) in [5, 5.41) is 7.07. The first kappa shape index (κ1) is 30.0. The van der Waals surface area contributed by atoms with E-state index in [4.69, 9.17) is 4.42 Å². The minimum atomic E-state index is 0.864. The van der Waals surface area contributed by atoms with E-state index in [-0.39, 0.29) is 0 Å². The lowest BCUT2D eigenvalue weighted by Gasteiger charge is -2.30. The Hall–Kier alpha value is -6.90. The van der Waals surface area contributed by atoms with Crippen molar-refractivity contribution in [3.8, 4) is 33.4 Å². The molecule has 9 aromatic carbocycles. The van der Waals surface area contributed by atoms with Gasteiger partial charge in [-0.2, -0.15) is 0 Å². The molecule has 0 fully saturated rings. The summed E-state index contributed by atoms with van der Waals surface area (Å²) in [7, 11) is 0. The Morgan fingerprint density at radius 1 is 0.288 bits per heavy atom. The number of nitrogens with zero attached hydrogens (tertiary/aromatic N) is 1. The first-order valence-corrected chi connectivity index (χ1v) is 17.8. The molecule has 52 heavy (non-hydrogen) atoms. The van der Waals surface area contributed by atoms with Crippen molar-refractivity contribution < 1.29 is 4.42 Å². The smallest absolute Gasteiger partial charge is 0.137 e. The predicted molar refractivity (Wildman–Crippen MR) is 220 cm³/mol. The second-order valence-corrected chi connectivity index (χ2v) is 13.3. The lowest BCUT2D eigenvalue weighted by molar-refractivity contribution is 0.669. The molecule has 2 nitrogen and oxygen atoms in total. The summed E-state index contributed by atoms with van der Waals surface area (Å²) in [5.74, 6) is 0. The van der Waals surface area contributed by atoms with E-state index in [1.807, 2.05) is 12.1 Å². The largest absolute Gasteiger partial charge is 0.456 e. The molecule has 0 amide bonds. The highest BCUT2D eigenvalue weighted by Crippen LogP contribution is 2.50. The molecule has 0 aliphatic carbocycles. The standard InChI is InChI=1S/C50H33NO/c1-3-13-34(14-4-1)36-23-25-38(26-24-36)49-45-20-9-7-17-41(45)42-18-8-10-21-46(42)50(49)51(39-29-27-37(28-30-39)35-15-5-2-6-16-35)40-31-32-44-43-19-11-12-22-47(43)52-48(44)33-40/h1-33H. The summed E-state index contributed by atoms with van der Waals surface area (Å²) in [6.07, 6.45) is 0. The van der Waals surface area contributed by atoms with Crippen molar-refractivity contribution in [3.63, 3.8) is 0 Å². The molecular formula is C50H33NO. The Morgan fingerprint density at radius 2 is 0.731 bits per heavy atom. The molecule has 0 aliphatic rings. The van der Waals surface area contributed by atoms with Crippen LogP contribution >= 0.6 is 0 Å². The van der Waals surface area contributed by atoms with Crippen molar-refractivity contribution in [2.24, 2.45) is 0 Å². The Labute approximate surface area is 302 Å². The summed E-state index contributed by atoms with van der Waals surface area (Å²) < 4.78 is 6.49. The Kier molecular flexibility index (Phi) is 7.18. The van der Waals surface area contributed by atoms with E-state index >= 15 is 0 Å². The van der Waals surface area contributed by atoms with Crippen LogP contribution in [0, 0.1) is 0 Å². The van der Waals surface area contributed by atoms with Crippen LogP contribution in [0.4, 0.5) is 17.1 Å². The molecule has 10 aromatic rings. The zero-order valence-corrected chi connectivity index (χ0v) is 28.4. The monoisotopic (exact) mass is 663 g/mol. The number of hydrogen-bond donors (Lipinski definition) is 0. The zero-order valence-electron chi connectivity index (χ0n) is 28.4. The van der Waals surface area contributed by atoms with Crippen LogP contribution in [-0.4, -0.2) is 0 Å². The average Bonchev–Trinajstić information content (AvgIpc) is 3.60. The Balaban J connectivity index is 1.27. The molecule has 0 spiro atoms. The van der Waals surface area contributed by atoms with Gasteiger partial charge in [0.15, 0.2) is 0 Å². The quantitative estimate of drug-likeness (QED) is 0.165.